The summed E-state index contributed by atoms with van der Waals surface area (Å²) >= 11 is 0. The van der Waals surface area contributed by atoms with E-state index in [4.69, 9.17) is 0 Å². The van der Waals surface area contributed by atoms with E-state index in [1.54, 1.807) is 0 Å². The number of fused-ring (bicyclic) bond motifs is 9. The third kappa shape index (κ3) is 4.41. The van der Waals surface area contributed by atoms with Gasteiger partial charge < -0.3 is 13.7 Å². The van der Waals surface area contributed by atoms with Crippen LogP contribution in [-0.4, -0.2) is 13.7 Å². The molecule has 0 radical (unpaired) electrons. The average molecular weight is 677 g/mol. The highest BCUT2D eigenvalue weighted by Gasteiger charge is 2.25. The highest BCUT2D eigenvalue weighted by atomic mass is 15.1. The lowest BCUT2D eigenvalue weighted by molar-refractivity contribution is 0.648. The molecule has 0 aliphatic heterocycles. The van der Waals surface area contributed by atoms with Crippen molar-refractivity contribution in [2.45, 2.75) is 12.5 Å². The normalized spacial score (nSPS) is 14.7. The largest absolute Gasteiger partial charge is 0.333 e. The minimum atomic E-state index is 0.0658. The average Bonchev–Trinajstić information content (AvgIpc) is 3.86. The lowest BCUT2D eigenvalue weighted by Gasteiger charge is -2.27. The molecule has 0 bridgehead atoms. The summed E-state index contributed by atoms with van der Waals surface area (Å²) in [6.45, 7) is 0. The zero-order valence-corrected chi connectivity index (χ0v) is 28.8. The predicted octanol–water partition coefficient (Wildman–Crippen LogP) is 12.4. The third-order valence-corrected chi connectivity index (χ3v) is 11.2. The number of hydrogen-bond acceptors (Lipinski definition) is 1. The van der Waals surface area contributed by atoms with Gasteiger partial charge >= 0.3 is 0 Å². The number of rotatable bonds is 4. The first-order chi connectivity index (χ1) is 26.2. The summed E-state index contributed by atoms with van der Waals surface area (Å²) in [5.74, 6) is 0. The Kier molecular flexibility index (Phi) is 6.41. The van der Waals surface area contributed by atoms with E-state index in [9.17, 15) is 5.26 Å². The van der Waals surface area contributed by atoms with Gasteiger partial charge in [0.1, 0.15) is 0 Å². The van der Waals surface area contributed by atoms with Crippen LogP contribution in [0.4, 0.5) is 0 Å². The van der Waals surface area contributed by atoms with E-state index >= 15 is 0 Å². The number of para-hydroxylation sites is 5. The Hall–Kier alpha value is -7.09. The fraction of sp³-hybridized carbons (Fsp3) is 0.0408. The first-order valence-corrected chi connectivity index (χ1v) is 18.2. The summed E-state index contributed by atoms with van der Waals surface area (Å²) < 4.78 is 7.37. The van der Waals surface area contributed by atoms with Gasteiger partial charge in [-0.2, -0.15) is 5.26 Å². The van der Waals surface area contributed by atoms with Crippen LogP contribution in [0.5, 0.6) is 0 Å². The van der Waals surface area contributed by atoms with Crippen LogP contribution >= 0.6 is 0 Å². The molecule has 7 aromatic carbocycles. The van der Waals surface area contributed by atoms with Gasteiger partial charge in [0.15, 0.2) is 0 Å². The molecule has 0 spiro atoms. The minimum Gasteiger partial charge on any atom is -0.333 e. The fourth-order valence-electron chi connectivity index (χ4n) is 8.96. The van der Waals surface area contributed by atoms with Crippen molar-refractivity contribution in [2.75, 3.05) is 0 Å². The van der Waals surface area contributed by atoms with Crippen molar-refractivity contribution >= 4 is 76.7 Å². The summed E-state index contributed by atoms with van der Waals surface area (Å²) in [7, 11) is 0. The number of nitrogens with zero attached hydrogens (tertiary/aromatic N) is 4. The van der Waals surface area contributed by atoms with Gasteiger partial charge in [-0.25, -0.2) is 0 Å². The topological polar surface area (TPSA) is 38.6 Å². The highest BCUT2D eigenvalue weighted by molar-refractivity contribution is 6.12. The molecule has 0 saturated heterocycles. The van der Waals surface area contributed by atoms with Gasteiger partial charge in [-0.05, 0) is 77.9 Å². The molecule has 3 aromatic heterocycles. The van der Waals surface area contributed by atoms with Gasteiger partial charge in [0.05, 0.1) is 39.7 Å². The molecule has 0 amide bonds. The van der Waals surface area contributed by atoms with Gasteiger partial charge in [-0.3, -0.25) is 0 Å². The Morgan fingerprint density at radius 2 is 0.981 bits per heavy atom. The van der Waals surface area contributed by atoms with E-state index in [-0.39, 0.29) is 6.04 Å². The van der Waals surface area contributed by atoms with Gasteiger partial charge in [-0.15, -0.1) is 0 Å². The third-order valence-electron chi connectivity index (χ3n) is 11.2. The molecular formula is C49H32N4. The van der Waals surface area contributed by atoms with Crippen LogP contribution in [-0.2, 0) is 0 Å². The monoisotopic (exact) mass is 676 g/mol. The van der Waals surface area contributed by atoms with E-state index in [0.717, 1.165) is 39.5 Å². The van der Waals surface area contributed by atoms with E-state index in [2.05, 4.69) is 184 Å². The summed E-state index contributed by atoms with van der Waals surface area (Å²) in [5, 5.41) is 17.0. The second-order valence-corrected chi connectivity index (χ2v) is 14.0. The molecule has 0 saturated carbocycles. The SMILES string of the molecule is N#Cc1ccc2c(c1)c1ccccc1n2-c1cccc(C2=CC(n3c4ccccc4c4ccccc43)CC(n3c4ccccc4c4ccccc43)=C2)c1. The molecule has 0 N–H and O–H groups in total. The zero-order valence-electron chi connectivity index (χ0n) is 28.8. The van der Waals surface area contributed by atoms with Gasteiger partial charge in [0, 0.05) is 61.2 Å². The van der Waals surface area contributed by atoms with Crippen LogP contribution in [0.3, 0.4) is 0 Å². The number of allylic oxidation sites excluding steroid dienone is 4. The summed E-state index contributed by atoms with van der Waals surface area (Å²) in [4.78, 5) is 0. The zero-order chi connectivity index (χ0) is 35.0. The standard InChI is InChI=1S/C49H32N4/c50-31-32-24-25-49-43(26-32)42-18-5-10-23-48(42)51(49)35-13-11-12-33(27-35)34-28-36(52-44-19-6-1-14-38(44)39-15-2-7-20-45(39)52)30-37(29-34)53-46-21-8-3-16-40(46)41-17-4-9-22-47(41)53/h1-29,36H,30H2. The molecule has 4 heteroatoms. The minimum absolute atomic E-state index is 0.0658. The van der Waals surface area contributed by atoms with Crippen molar-refractivity contribution < 1.29 is 0 Å². The predicted molar refractivity (Wildman–Crippen MR) is 220 cm³/mol. The van der Waals surface area contributed by atoms with Crippen molar-refractivity contribution in [1.82, 2.24) is 13.7 Å². The van der Waals surface area contributed by atoms with E-state index in [1.165, 1.54) is 54.9 Å². The van der Waals surface area contributed by atoms with Crippen molar-refractivity contribution in [1.29, 1.82) is 5.26 Å². The van der Waals surface area contributed by atoms with Crippen molar-refractivity contribution in [3.63, 3.8) is 0 Å². The van der Waals surface area contributed by atoms with Crippen LogP contribution in [0.1, 0.15) is 23.6 Å². The van der Waals surface area contributed by atoms with Crippen molar-refractivity contribution in [3.05, 3.63) is 187 Å². The maximum absolute atomic E-state index is 9.72. The van der Waals surface area contributed by atoms with Gasteiger partial charge in [-0.1, -0.05) is 109 Å². The molecule has 11 rings (SSSR count). The Balaban J connectivity index is 1.16. The summed E-state index contributed by atoms with van der Waals surface area (Å²) in [6.07, 6.45) is 5.72. The molecular weight excluding hydrogens is 645 g/mol. The maximum atomic E-state index is 9.72. The summed E-state index contributed by atoms with van der Waals surface area (Å²) in [6, 6.07) is 61.0. The molecule has 1 atom stereocenters. The Morgan fingerprint density at radius 3 is 1.58 bits per heavy atom. The van der Waals surface area contributed by atoms with Crippen LogP contribution in [0.25, 0.3) is 82.4 Å². The lowest BCUT2D eigenvalue weighted by Crippen LogP contribution is -2.13. The molecule has 1 aliphatic rings. The first kappa shape index (κ1) is 29.6. The quantitative estimate of drug-likeness (QED) is 0.183. The Bertz CT molecular complexity index is 3120. The number of aromatic nitrogens is 3. The smallest absolute Gasteiger partial charge is 0.0991 e. The molecule has 1 unspecified atom stereocenters. The van der Waals surface area contributed by atoms with E-state index < -0.39 is 0 Å². The van der Waals surface area contributed by atoms with Crippen LogP contribution in [0.2, 0.25) is 0 Å². The molecule has 3 heterocycles. The van der Waals surface area contributed by atoms with Crippen molar-refractivity contribution in [2.24, 2.45) is 0 Å². The number of nitriles is 1. The maximum Gasteiger partial charge on any atom is 0.0991 e. The number of benzene rings is 7. The van der Waals surface area contributed by atoms with Crippen LogP contribution < -0.4 is 0 Å². The molecule has 4 nitrogen and oxygen atoms in total. The Labute approximate surface area is 306 Å². The van der Waals surface area contributed by atoms with Crippen LogP contribution in [0, 0.1) is 11.3 Å². The number of hydrogen-bond donors (Lipinski definition) is 0. The first-order valence-electron chi connectivity index (χ1n) is 18.2. The lowest BCUT2D eigenvalue weighted by atomic mass is 9.93. The molecule has 10 aromatic rings. The second kappa shape index (κ2) is 11.5. The molecule has 53 heavy (non-hydrogen) atoms. The van der Waals surface area contributed by atoms with E-state index in [1.807, 2.05) is 12.1 Å². The molecule has 248 valence electrons. The molecule has 0 fully saturated rings. The molecule has 1 aliphatic carbocycles. The van der Waals surface area contributed by atoms with Crippen molar-refractivity contribution in [3.8, 4) is 11.8 Å². The van der Waals surface area contributed by atoms with Crippen LogP contribution in [0.15, 0.2) is 176 Å². The van der Waals surface area contributed by atoms with Gasteiger partial charge in [0.25, 0.3) is 0 Å². The van der Waals surface area contributed by atoms with Gasteiger partial charge in [0.2, 0.25) is 0 Å². The second-order valence-electron chi connectivity index (χ2n) is 14.0. The summed E-state index contributed by atoms with van der Waals surface area (Å²) in [5.41, 5.74) is 12.5. The Morgan fingerprint density at radius 1 is 0.472 bits per heavy atom. The fourth-order valence-corrected chi connectivity index (χ4v) is 8.96. The highest BCUT2D eigenvalue weighted by Crippen LogP contribution is 2.43. The van der Waals surface area contributed by atoms with E-state index in [0.29, 0.717) is 5.56 Å².